The fourth-order valence-corrected chi connectivity index (χ4v) is 2.30. The lowest BCUT2D eigenvalue weighted by Crippen LogP contribution is -2.21. The Morgan fingerprint density at radius 2 is 1.95 bits per heavy atom. The first-order chi connectivity index (χ1) is 9.38. The van der Waals surface area contributed by atoms with Crippen molar-refractivity contribution in [1.82, 2.24) is 9.55 Å². The van der Waals surface area contributed by atoms with Crippen LogP contribution in [0.2, 0.25) is 0 Å². The quantitative estimate of drug-likeness (QED) is 0.910. The van der Waals surface area contributed by atoms with Gasteiger partial charge in [0.1, 0.15) is 5.82 Å². The van der Waals surface area contributed by atoms with Gasteiger partial charge in [0.25, 0.3) is 0 Å². The van der Waals surface area contributed by atoms with Gasteiger partial charge in [-0.3, -0.25) is 4.79 Å². The summed E-state index contributed by atoms with van der Waals surface area (Å²) in [5.41, 5.74) is 1.87. The molecule has 106 valence electrons. The van der Waals surface area contributed by atoms with Crippen molar-refractivity contribution in [2.75, 3.05) is 0 Å². The van der Waals surface area contributed by atoms with Crippen LogP contribution in [0.4, 0.5) is 0 Å². The summed E-state index contributed by atoms with van der Waals surface area (Å²) in [5.74, 6) is 0.245. The van der Waals surface area contributed by atoms with Crippen LogP contribution in [0.15, 0.2) is 36.7 Å². The van der Waals surface area contributed by atoms with Gasteiger partial charge in [-0.25, -0.2) is 4.98 Å². The van der Waals surface area contributed by atoms with E-state index in [-0.39, 0.29) is 11.8 Å². The van der Waals surface area contributed by atoms with Gasteiger partial charge in [0.05, 0.1) is 6.42 Å². The number of carboxylic acids is 1. The molecule has 4 heteroatoms. The molecule has 20 heavy (non-hydrogen) atoms. The summed E-state index contributed by atoms with van der Waals surface area (Å²) >= 11 is 0. The van der Waals surface area contributed by atoms with Crippen LogP contribution in [0.1, 0.15) is 37.2 Å². The highest BCUT2D eigenvalue weighted by atomic mass is 16.4. The van der Waals surface area contributed by atoms with Crippen molar-refractivity contribution < 1.29 is 9.90 Å². The molecule has 0 spiro atoms. The van der Waals surface area contributed by atoms with Gasteiger partial charge < -0.3 is 9.67 Å². The number of imidazole rings is 1. The van der Waals surface area contributed by atoms with E-state index in [0.29, 0.717) is 0 Å². The Labute approximate surface area is 119 Å². The number of aromatic nitrogens is 2. The fourth-order valence-electron chi connectivity index (χ4n) is 2.30. The summed E-state index contributed by atoms with van der Waals surface area (Å²) in [4.78, 5) is 15.2. The molecule has 0 aliphatic rings. The van der Waals surface area contributed by atoms with Crippen molar-refractivity contribution in [1.29, 1.82) is 0 Å². The Bertz CT molecular complexity index is 597. The van der Waals surface area contributed by atoms with E-state index >= 15 is 0 Å². The monoisotopic (exact) mass is 272 g/mol. The number of aliphatic carboxylic acids is 1. The van der Waals surface area contributed by atoms with Gasteiger partial charge in [-0.15, -0.1) is 0 Å². The fraction of sp³-hybridized carbons (Fsp3) is 0.375. The summed E-state index contributed by atoms with van der Waals surface area (Å²) < 4.78 is 2.00. The van der Waals surface area contributed by atoms with Crippen molar-refractivity contribution >= 4 is 5.97 Å². The lowest BCUT2D eigenvalue weighted by molar-refractivity contribution is -0.138. The van der Waals surface area contributed by atoms with Crippen molar-refractivity contribution in [2.24, 2.45) is 7.05 Å². The van der Waals surface area contributed by atoms with Crippen molar-refractivity contribution in [2.45, 2.75) is 32.1 Å². The smallest absolute Gasteiger partial charge is 0.304 e. The van der Waals surface area contributed by atoms with Crippen LogP contribution in [0.25, 0.3) is 0 Å². The second-order valence-electron chi connectivity index (χ2n) is 5.78. The molecule has 2 rings (SSSR count). The van der Waals surface area contributed by atoms with Gasteiger partial charge >= 0.3 is 5.97 Å². The normalized spacial score (nSPS) is 11.6. The van der Waals surface area contributed by atoms with E-state index in [9.17, 15) is 4.79 Å². The number of hydrogen-bond acceptors (Lipinski definition) is 2. The Balaban J connectivity index is 2.14. The van der Waals surface area contributed by atoms with Gasteiger partial charge in [-0.1, -0.05) is 38.1 Å². The zero-order valence-electron chi connectivity index (χ0n) is 12.1. The molecule has 4 nitrogen and oxygen atoms in total. The summed E-state index contributed by atoms with van der Waals surface area (Å²) in [7, 11) is 1.98. The van der Waals surface area contributed by atoms with E-state index < -0.39 is 5.97 Å². The lowest BCUT2D eigenvalue weighted by atomic mass is 9.81. The van der Waals surface area contributed by atoms with Gasteiger partial charge in [-0.05, 0) is 11.1 Å². The van der Waals surface area contributed by atoms with Crippen LogP contribution in [-0.4, -0.2) is 20.6 Å². The van der Waals surface area contributed by atoms with Crippen LogP contribution in [0.5, 0.6) is 0 Å². The number of aryl methyl sites for hydroxylation is 1. The molecule has 0 unspecified atom stereocenters. The van der Waals surface area contributed by atoms with Crippen molar-refractivity contribution in [3.63, 3.8) is 0 Å². The number of nitrogens with zero attached hydrogens (tertiary/aromatic N) is 2. The lowest BCUT2D eigenvalue weighted by Gasteiger charge is -2.23. The van der Waals surface area contributed by atoms with Crippen LogP contribution in [0, 0.1) is 0 Å². The molecule has 0 amide bonds. The third kappa shape index (κ3) is 3.26. The van der Waals surface area contributed by atoms with Crippen LogP contribution < -0.4 is 0 Å². The standard InChI is InChI=1S/C16H20N2O2/c1-16(2,11-15(19)20)13-6-4-12(5-7-13)10-14-17-8-9-18(14)3/h4-9H,10-11H2,1-3H3,(H,19,20). The van der Waals surface area contributed by atoms with Crippen molar-refractivity contribution in [3.05, 3.63) is 53.6 Å². The van der Waals surface area contributed by atoms with Gasteiger partial charge in [0, 0.05) is 31.3 Å². The number of hydrogen-bond donors (Lipinski definition) is 1. The number of carbonyl (C=O) groups is 1. The highest BCUT2D eigenvalue weighted by Crippen LogP contribution is 2.27. The molecule has 1 N–H and O–H groups in total. The molecule has 0 saturated carbocycles. The Kier molecular flexibility index (Phi) is 3.93. The average molecular weight is 272 g/mol. The summed E-state index contributed by atoms with van der Waals surface area (Å²) in [5, 5.41) is 8.96. The second kappa shape index (κ2) is 5.49. The zero-order valence-corrected chi connectivity index (χ0v) is 12.1. The van der Waals surface area contributed by atoms with Gasteiger partial charge in [-0.2, -0.15) is 0 Å². The second-order valence-corrected chi connectivity index (χ2v) is 5.78. The molecule has 0 bridgehead atoms. The molecule has 0 fully saturated rings. The minimum absolute atomic E-state index is 0.131. The van der Waals surface area contributed by atoms with Crippen LogP contribution in [-0.2, 0) is 23.7 Å². The minimum atomic E-state index is -0.771. The SMILES string of the molecule is Cn1ccnc1Cc1ccc(C(C)(C)CC(=O)O)cc1. The predicted molar refractivity (Wildman–Crippen MR) is 77.7 cm³/mol. The highest BCUT2D eigenvalue weighted by molar-refractivity contribution is 5.68. The maximum atomic E-state index is 10.9. The maximum Gasteiger partial charge on any atom is 0.304 e. The topological polar surface area (TPSA) is 55.1 Å². The number of benzene rings is 1. The number of rotatable bonds is 5. The Morgan fingerprint density at radius 3 is 2.45 bits per heavy atom. The van der Waals surface area contributed by atoms with E-state index in [1.807, 2.05) is 55.9 Å². The van der Waals surface area contributed by atoms with Gasteiger partial charge in [0.15, 0.2) is 0 Å². The summed E-state index contributed by atoms with van der Waals surface area (Å²) in [6.07, 6.45) is 4.63. The summed E-state index contributed by atoms with van der Waals surface area (Å²) in [6.45, 7) is 3.91. The molecule has 1 aromatic heterocycles. The summed E-state index contributed by atoms with van der Waals surface area (Å²) in [6, 6.07) is 8.13. The molecule has 2 aromatic rings. The van der Waals surface area contributed by atoms with Gasteiger partial charge in [0.2, 0.25) is 0 Å². The molecular formula is C16H20N2O2. The largest absolute Gasteiger partial charge is 0.481 e. The first kappa shape index (κ1) is 14.3. The molecule has 0 aliphatic heterocycles. The van der Waals surface area contributed by atoms with E-state index in [1.165, 1.54) is 5.56 Å². The molecule has 0 atom stereocenters. The first-order valence-corrected chi connectivity index (χ1v) is 6.66. The maximum absolute atomic E-state index is 10.9. The molecule has 0 aliphatic carbocycles. The Hall–Kier alpha value is -2.10. The Morgan fingerprint density at radius 1 is 1.30 bits per heavy atom. The number of carboxylic acid groups (broad SMARTS) is 1. The van der Waals surface area contributed by atoms with Crippen LogP contribution in [0.3, 0.4) is 0 Å². The molecule has 1 aromatic carbocycles. The molecular weight excluding hydrogens is 252 g/mol. The van der Waals surface area contributed by atoms with Crippen LogP contribution >= 0.6 is 0 Å². The van der Waals surface area contributed by atoms with E-state index in [4.69, 9.17) is 5.11 Å². The minimum Gasteiger partial charge on any atom is -0.481 e. The highest BCUT2D eigenvalue weighted by Gasteiger charge is 2.23. The third-order valence-corrected chi connectivity index (χ3v) is 3.61. The first-order valence-electron chi connectivity index (χ1n) is 6.66. The average Bonchev–Trinajstić information content (AvgIpc) is 2.74. The van der Waals surface area contributed by atoms with Crippen molar-refractivity contribution in [3.8, 4) is 0 Å². The third-order valence-electron chi connectivity index (χ3n) is 3.61. The molecule has 1 heterocycles. The zero-order chi connectivity index (χ0) is 14.8. The predicted octanol–water partition coefficient (Wildman–Crippen LogP) is 2.76. The van der Waals surface area contributed by atoms with E-state index in [1.54, 1.807) is 6.20 Å². The molecule has 0 saturated heterocycles. The molecule has 0 radical (unpaired) electrons. The van der Waals surface area contributed by atoms with E-state index in [2.05, 4.69) is 4.98 Å². The van der Waals surface area contributed by atoms with E-state index in [0.717, 1.165) is 17.8 Å².